The molecule has 5 nitrogen and oxygen atoms in total. The standard InChI is InChI=1S/C17H28N2O3S/c1-14(2)19-9-7-15(8-10-19)12-18-23(20,21)13-16-5-4-6-17(11-16)22-3/h4-6,11,14-15,18H,7-10,12-13H2,1-3H3. The third kappa shape index (κ3) is 5.79. The van der Waals surface area contributed by atoms with Crippen molar-refractivity contribution in [2.75, 3.05) is 26.7 Å². The number of piperidine rings is 1. The van der Waals surface area contributed by atoms with Crippen LogP contribution in [0, 0.1) is 5.92 Å². The monoisotopic (exact) mass is 340 g/mol. The SMILES string of the molecule is COc1cccc(CS(=O)(=O)NCC2CCN(C(C)C)CC2)c1. The number of nitrogens with one attached hydrogen (secondary N) is 1. The molecule has 1 heterocycles. The highest BCUT2D eigenvalue weighted by atomic mass is 32.2. The van der Waals surface area contributed by atoms with Crippen LogP contribution in [0.5, 0.6) is 5.75 Å². The van der Waals surface area contributed by atoms with Gasteiger partial charge >= 0.3 is 0 Å². The van der Waals surface area contributed by atoms with Crippen molar-refractivity contribution in [3.8, 4) is 5.75 Å². The van der Waals surface area contributed by atoms with Crippen LogP contribution in [0.1, 0.15) is 32.3 Å². The highest BCUT2D eigenvalue weighted by Gasteiger charge is 2.22. The van der Waals surface area contributed by atoms with E-state index in [1.165, 1.54) is 0 Å². The lowest BCUT2D eigenvalue weighted by molar-refractivity contribution is 0.150. The van der Waals surface area contributed by atoms with Crippen LogP contribution in [0.15, 0.2) is 24.3 Å². The number of nitrogens with zero attached hydrogens (tertiary/aromatic N) is 1. The Morgan fingerprint density at radius 3 is 2.61 bits per heavy atom. The second-order valence-corrected chi connectivity index (χ2v) is 8.34. The van der Waals surface area contributed by atoms with Crippen LogP contribution < -0.4 is 9.46 Å². The Balaban J connectivity index is 1.82. The summed E-state index contributed by atoms with van der Waals surface area (Å²) in [6.45, 7) is 7.06. The Labute approximate surface area is 140 Å². The van der Waals surface area contributed by atoms with Crippen LogP contribution in [0.2, 0.25) is 0 Å². The summed E-state index contributed by atoms with van der Waals surface area (Å²) in [7, 11) is -1.73. The first-order valence-corrected chi connectivity index (χ1v) is 9.89. The fourth-order valence-corrected chi connectivity index (χ4v) is 4.16. The van der Waals surface area contributed by atoms with Gasteiger partial charge in [-0.05, 0) is 63.4 Å². The summed E-state index contributed by atoms with van der Waals surface area (Å²) in [6, 6.07) is 7.77. The van der Waals surface area contributed by atoms with Crippen LogP contribution in [-0.4, -0.2) is 46.1 Å². The molecule has 1 aromatic carbocycles. The van der Waals surface area contributed by atoms with Crippen molar-refractivity contribution in [2.24, 2.45) is 5.92 Å². The van der Waals surface area contributed by atoms with Gasteiger partial charge in [-0.2, -0.15) is 0 Å². The Hall–Kier alpha value is -1.11. The summed E-state index contributed by atoms with van der Waals surface area (Å²) in [4.78, 5) is 2.45. The average Bonchev–Trinajstić information content (AvgIpc) is 2.53. The molecule has 0 radical (unpaired) electrons. The number of hydrogen-bond donors (Lipinski definition) is 1. The number of hydrogen-bond acceptors (Lipinski definition) is 4. The molecular formula is C17H28N2O3S. The van der Waals surface area contributed by atoms with E-state index < -0.39 is 10.0 Å². The van der Waals surface area contributed by atoms with Crippen molar-refractivity contribution in [1.29, 1.82) is 0 Å². The van der Waals surface area contributed by atoms with E-state index in [0.29, 0.717) is 24.3 Å². The van der Waals surface area contributed by atoms with Crippen LogP contribution in [0.4, 0.5) is 0 Å². The first-order chi connectivity index (χ1) is 10.9. The van der Waals surface area contributed by atoms with Gasteiger partial charge in [0, 0.05) is 12.6 Å². The minimum atomic E-state index is -3.31. The molecule has 1 N–H and O–H groups in total. The Morgan fingerprint density at radius 1 is 1.30 bits per heavy atom. The topological polar surface area (TPSA) is 58.6 Å². The van der Waals surface area contributed by atoms with Crippen molar-refractivity contribution in [3.63, 3.8) is 0 Å². The summed E-state index contributed by atoms with van der Waals surface area (Å²) in [5.74, 6) is 1.11. The average molecular weight is 340 g/mol. The molecule has 0 aromatic heterocycles. The van der Waals surface area contributed by atoms with E-state index in [9.17, 15) is 8.42 Å². The zero-order valence-corrected chi connectivity index (χ0v) is 15.1. The lowest BCUT2D eigenvalue weighted by atomic mass is 9.96. The molecule has 0 saturated carbocycles. The van der Waals surface area contributed by atoms with Crippen molar-refractivity contribution >= 4 is 10.0 Å². The number of sulfonamides is 1. The molecule has 130 valence electrons. The van der Waals surface area contributed by atoms with E-state index >= 15 is 0 Å². The molecule has 0 amide bonds. The van der Waals surface area contributed by atoms with E-state index in [0.717, 1.165) is 31.5 Å². The van der Waals surface area contributed by atoms with Crippen molar-refractivity contribution in [1.82, 2.24) is 9.62 Å². The quantitative estimate of drug-likeness (QED) is 0.827. The molecule has 2 rings (SSSR count). The van der Waals surface area contributed by atoms with E-state index in [4.69, 9.17) is 4.74 Å². The zero-order valence-electron chi connectivity index (χ0n) is 14.3. The summed E-state index contributed by atoms with van der Waals surface area (Å²) in [6.07, 6.45) is 2.11. The van der Waals surface area contributed by atoms with Gasteiger partial charge in [0.15, 0.2) is 0 Å². The minimum Gasteiger partial charge on any atom is -0.497 e. The van der Waals surface area contributed by atoms with Gasteiger partial charge in [-0.25, -0.2) is 13.1 Å². The number of methoxy groups -OCH3 is 1. The van der Waals surface area contributed by atoms with Crippen molar-refractivity contribution in [3.05, 3.63) is 29.8 Å². The van der Waals surface area contributed by atoms with Gasteiger partial charge in [-0.3, -0.25) is 0 Å². The predicted molar refractivity (Wildman–Crippen MR) is 93.1 cm³/mol. The molecular weight excluding hydrogens is 312 g/mol. The van der Waals surface area contributed by atoms with E-state index in [2.05, 4.69) is 23.5 Å². The molecule has 1 aromatic rings. The third-order valence-corrected chi connectivity index (χ3v) is 5.78. The molecule has 1 saturated heterocycles. The number of benzene rings is 1. The molecule has 23 heavy (non-hydrogen) atoms. The van der Waals surface area contributed by atoms with Crippen molar-refractivity contribution < 1.29 is 13.2 Å². The Morgan fingerprint density at radius 2 is 2.00 bits per heavy atom. The maximum atomic E-state index is 12.3. The maximum absolute atomic E-state index is 12.3. The largest absolute Gasteiger partial charge is 0.497 e. The van der Waals surface area contributed by atoms with Crippen LogP contribution in [-0.2, 0) is 15.8 Å². The van der Waals surface area contributed by atoms with Crippen molar-refractivity contribution in [2.45, 2.75) is 38.5 Å². The van der Waals surface area contributed by atoms with Crippen LogP contribution in [0.25, 0.3) is 0 Å². The number of rotatable bonds is 7. The lowest BCUT2D eigenvalue weighted by Crippen LogP contribution is -2.41. The van der Waals surface area contributed by atoms with Gasteiger partial charge in [0.2, 0.25) is 10.0 Å². The highest BCUT2D eigenvalue weighted by Crippen LogP contribution is 2.19. The smallest absolute Gasteiger partial charge is 0.215 e. The van der Waals surface area contributed by atoms with Gasteiger partial charge in [-0.15, -0.1) is 0 Å². The molecule has 0 bridgehead atoms. The molecule has 1 aliphatic rings. The summed E-state index contributed by atoms with van der Waals surface area (Å²) < 4.78 is 32.4. The van der Waals surface area contributed by atoms with Gasteiger partial charge in [0.05, 0.1) is 12.9 Å². The van der Waals surface area contributed by atoms with E-state index in [1.54, 1.807) is 13.2 Å². The van der Waals surface area contributed by atoms with Gasteiger partial charge in [0.1, 0.15) is 5.75 Å². The summed E-state index contributed by atoms with van der Waals surface area (Å²) in [5.41, 5.74) is 0.742. The van der Waals surface area contributed by atoms with E-state index in [1.807, 2.05) is 18.2 Å². The molecule has 6 heteroatoms. The second-order valence-electron chi connectivity index (χ2n) is 6.53. The Bertz CT molecular complexity index is 594. The zero-order chi connectivity index (χ0) is 16.9. The highest BCUT2D eigenvalue weighted by molar-refractivity contribution is 7.88. The minimum absolute atomic E-state index is 0.00492. The molecule has 1 aliphatic heterocycles. The first kappa shape index (κ1) is 18.2. The van der Waals surface area contributed by atoms with E-state index in [-0.39, 0.29) is 5.75 Å². The molecule has 0 spiro atoms. The number of ether oxygens (including phenoxy) is 1. The van der Waals surface area contributed by atoms with Crippen LogP contribution in [0.3, 0.4) is 0 Å². The summed E-state index contributed by atoms with van der Waals surface area (Å²) in [5, 5.41) is 0. The van der Waals surface area contributed by atoms with Gasteiger partial charge in [0.25, 0.3) is 0 Å². The first-order valence-electron chi connectivity index (χ1n) is 8.24. The fourth-order valence-electron chi connectivity index (χ4n) is 2.95. The molecule has 0 atom stereocenters. The lowest BCUT2D eigenvalue weighted by Gasteiger charge is -2.34. The predicted octanol–water partition coefficient (Wildman–Crippen LogP) is 2.23. The van der Waals surface area contributed by atoms with Gasteiger partial charge in [-0.1, -0.05) is 12.1 Å². The van der Waals surface area contributed by atoms with Gasteiger partial charge < -0.3 is 9.64 Å². The second kappa shape index (κ2) is 8.13. The van der Waals surface area contributed by atoms with Crippen LogP contribution >= 0.6 is 0 Å². The third-order valence-electron chi connectivity index (χ3n) is 4.46. The number of likely N-dealkylation sites (tertiary alicyclic amines) is 1. The molecule has 1 fully saturated rings. The maximum Gasteiger partial charge on any atom is 0.215 e. The summed E-state index contributed by atoms with van der Waals surface area (Å²) >= 11 is 0. The normalized spacial score (nSPS) is 17.6. The fraction of sp³-hybridized carbons (Fsp3) is 0.647. The Kier molecular flexibility index (Phi) is 6.44. The molecule has 0 aliphatic carbocycles. The molecule has 0 unspecified atom stereocenters.